The predicted molar refractivity (Wildman–Crippen MR) is 196 cm³/mol. The largest absolute Gasteiger partial charge is 0.337 e. The minimum Gasteiger partial charge on any atom is -0.337 e. The van der Waals surface area contributed by atoms with Crippen LogP contribution in [0.25, 0.3) is 0 Å². The summed E-state index contributed by atoms with van der Waals surface area (Å²) in [5.74, 6) is 0. The first kappa shape index (κ1) is 45.2. The lowest BCUT2D eigenvalue weighted by Gasteiger charge is -2.07. The average molecular weight is 830 g/mol. The van der Waals surface area contributed by atoms with Gasteiger partial charge in [0, 0.05) is 34.7 Å². The smallest absolute Gasteiger partial charge is 0.328 e. The van der Waals surface area contributed by atoms with Gasteiger partial charge in [0.15, 0.2) is 0 Å². The van der Waals surface area contributed by atoms with E-state index in [-0.39, 0.29) is 14.7 Å². The number of sulfonamides is 3. The summed E-state index contributed by atoms with van der Waals surface area (Å²) in [4.78, 5) is 33.7. The number of nitrogens with one attached hydrogen (secondary N) is 6. The van der Waals surface area contributed by atoms with Gasteiger partial charge in [-0.3, -0.25) is 0 Å². The molecule has 3 aromatic rings. The molecule has 0 atom stereocenters. The van der Waals surface area contributed by atoms with Crippen LogP contribution >= 0.6 is 34.8 Å². The zero-order valence-electron chi connectivity index (χ0n) is 27.7. The van der Waals surface area contributed by atoms with E-state index < -0.39 is 48.2 Å². The molecule has 15 nitrogen and oxygen atoms in total. The Hall–Kier alpha value is -3.81. The summed E-state index contributed by atoms with van der Waals surface area (Å²) in [5, 5.41) is 8.53. The van der Waals surface area contributed by atoms with Gasteiger partial charge < -0.3 is 16.0 Å². The Balaban J connectivity index is 0.000000382. The van der Waals surface area contributed by atoms with Crippen LogP contribution in [0.3, 0.4) is 0 Å². The molecule has 6 amide bonds. The van der Waals surface area contributed by atoms with Crippen molar-refractivity contribution in [3.05, 3.63) is 87.9 Å². The molecule has 0 aliphatic heterocycles. The molecule has 3 aromatic carbocycles. The molecule has 0 aliphatic carbocycles. The highest BCUT2D eigenvalue weighted by Gasteiger charge is 2.18. The van der Waals surface area contributed by atoms with Crippen LogP contribution in [0, 0.1) is 0 Å². The summed E-state index contributed by atoms with van der Waals surface area (Å²) in [7, 11) is -11.5. The maximum Gasteiger partial charge on any atom is 0.328 e. The Morgan fingerprint density at radius 1 is 0.431 bits per heavy atom. The minimum atomic E-state index is -3.83. The molecule has 21 heteroatoms. The number of urea groups is 3. The van der Waals surface area contributed by atoms with Crippen molar-refractivity contribution in [2.75, 3.05) is 19.6 Å². The van der Waals surface area contributed by atoms with Crippen LogP contribution in [0.5, 0.6) is 0 Å². The summed E-state index contributed by atoms with van der Waals surface area (Å²) < 4.78 is 75.9. The Kier molecular flexibility index (Phi) is 19.7. The Labute approximate surface area is 313 Å². The lowest BCUT2D eigenvalue weighted by Crippen LogP contribution is -2.39. The number of benzene rings is 3. The average Bonchev–Trinajstić information content (AvgIpc) is 3.06. The number of hydrogen-bond acceptors (Lipinski definition) is 9. The van der Waals surface area contributed by atoms with Crippen molar-refractivity contribution in [1.82, 2.24) is 30.1 Å². The number of carbonyl (C=O) groups excluding carboxylic acids is 3. The van der Waals surface area contributed by atoms with Crippen LogP contribution in [-0.4, -0.2) is 63.0 Å². The fourth-order valence-corrected chi connectivity index (χ4v) is 6.37. The Bertz CT molecular complexity index is 1680. The van der Waals surface area contributed by atoms with Crippen molar-refractivity contribution in [2.24, 2.45) is 0 Å². The van der Waals surface area contributed by atoms with E-state index in [2.05, 4.69) is 16.0 Å². The molecule has 0 saturated heterocycles. The third-order valence-corrected chi connectivity index (χ3v) is 10.5. The number of halogens is 3. The maximum atomic E-state index is 11.7. The third kappa shape index (κ3) is 17.8. The highest BCUT2D eigenvalue weighted by atomic mass is 35.5. The van der Waals surface area contributed by atoms with Gasteiger partial charge in [-0.05, 0) is 92.1 Å². The van der Waals surface area contributed by atoms with Crippen LogP contribution in [0.4, 0.5) is 14.4 Å². The van der Waals surface area contributed by atoms with Gasteiger partial charge in [-0.15, -0.1) is 0 Å². The molecule has 0 bridgehead atoms. The van der Waals surface area contributed by atoms with E-state index in [9.17, 15) is 39.6 Å². The van der Waals surface area contributed by atoms with E-state index in [1.54, 1.807) is 0 Å². The maximum absolute atomic E-state index is 11.7. The summed E-state index contributed by atoms with van der Waals surface area (Å²) in [6.07, 6.45) is 2.19. The van der Waals surface area contributed by atoms with Crippen molar-refractivity contribution in [3.8, 4) is 0 Å². The number of hydrogen-bond donors (Lipinski definition) is 6. The van der Waals surface area contributed by atoms with E-state index >= 15 is 0 Å². The van der Waals surface area contributed by atoms with Crippen LogP contribution in [0.1, 0.15) is 40.0 Å². The number of carbonyl (C=O) groups is 3. The SMILES string of the molecule is CCCNC(=O)NS(=O)(=O)c1ccc(Cl)cc1.CCCNC(=O)NS(=O)(=O)c1ccc(Cl)cc1.CCCNC(=O)NS(=O)(=O)c1ccc(Cl)cc1. The van der Waals surface area contributed by atoms with Crippen molar-refractivity contribution in [2.45, 2.75) is 54.7 Å². The molecular formula is C30H39Cl3N6O9S3. The summed E-state index contributed by atoms with van der Waals surface area (Å²) in [6, 6.07) is 14.5. The standard InChI is InChI=1S/3C10H13ClN2O3S/c3*1-2-7-12-10(14)13-17(15,16)9-5-3-8(11)4-6-9/h3*3-6H,2,7H2,1H3,(H2,12,13,14). The molecule has 6 N–H and O–H groups in total. The monoisotopic (exact) mass is 828 g/mol. The van der Waals surface area contributed by atoms with Crippen molar-refractivity contribution in [3.63, 3.8) is 0 Å². The zero-order chi connectivity index (χ0) is 38.7. The quantitative estimate of drug-likeness (QED) is 0.141. The Morgan fingerprint density at radius 3 is 0.804 bits per heavy atom. The lowest BCUT2D eigenvalue weighted by molar-refractivity contribution is 0.245. The molecule has 282 valence electrons. The van der Waals surface area contributed by atoms with E-state index in [0.717, 1.165) is 19.3 Å². The molecule has 0 spiro atoms. The van der Waals surface area contributed by atoms with Gasteiger partial charge in [0.2, 0.25) is 0 Å². The third-order valence-electron chi connectivity index (χ3n) is 5.66. The molecule has 0 saturated carbocycles. The van der Waals surface area contributed by atoms with Gasteiger partial charge in [-0.1, -0.05) is 55.6 Å². The Morgan fingerprint density at radius 2 is 0.627 bits per heavy atom. The van der Waals surface area contributed by atoms with Crippen molar-refractivity contribution < 1.29 is 39.6 Å². The van der Waals surface area contributed by atoms with Crippen LogP contribution in [-0.2, 0) is 30.1 Å². The van der Waals surface area contributed by atoms with E-state index in [0.29, 0.717) is 34.7 Å². The van der Waals surface area contributed by atoms with Gasteiger partial charge in [0.05, 0.1) is 14.7 Å². The fourth-order valence-electron chi connectivity index (χ4n) is 3.21. The van der Waals surface area contributed by atoms with Gasteiger partial charge >= 0.3 is 18.1 Å². The first-order valence-electron chi connectivity index (χ1n) is 15.1. The molecular weight excluding hydrogens is 791 g/mol. The summed E-state index contributed by atoms with van der Waals surface area (Å²) >= 11 is 16.9. The number of amides is 6. The van der Waals surface area contributed by atoms with Gasteiger partial charge in [0.1, 0.15) is 0 Å². The molecule has 3 rings (SSSR count). The van der Waals surface area contributed by atoms with Crippen LogP contribution in [0.2, 0.25) is 15.1 Å². The highest BCUT2D eigenvalue weighted by Crippen LogP contribution is 2.15. The predicted octanol–water partition coefficient (Wildman–Crippen LogP) is 5.21. The van der Waals surface area contributed by atoms with Crippen molar-refractivity contribution >= 4 is 83.0 Å². The van der Waals surface area contributed by atoms with Gasteiger partial charge in [-0.25, -0.2) is 53.8 Å². The molecule has 0 unspecified atom stereocenters. The fraction of sp³-hybridized carbons (Fsp3) is 0.300. The van der Waals surface area contributed by atoms with Gasteiger partial charge in [-0.2, -0.15) is 0 Å². The van der Waals surface area contributed by atoms with E-state index in [4.69, 9.17) is 34.8 Å². The summed E-state index contributed by atoms with van der Waals surface area (Å²) in [5.41, 5.74) is 0. The van der Waals surface area contributed by atoms with E-state index in [1.165, 1.54) is 72.8 Å². The molecule has 51 heavy (non-hydrogen) atoms. The van der Waals surface area contributed by atoms with Crippen LogP contribution < -0.4 is 30.1 Å². The lowest BCUT2D eigenvalue weighted by atomic mass is 10.4. The molecule has 0 heterocycles. The minimum absolute atomic E-state index is 0.00597. The second kappa shape index (κ2) is 22.2. The van der Waals surface area contributed by atoms with E-state index in [1.807, 2.05) is 34.9 Å². The van der Waals surface area contributed by atoms with Gasteiger partial charge in [0.25, 0.3) is 30.1 Å². The molecule has 0 aliphatic rings. The molecule has 0 fully saturated rings. The highest BCUT2D eigenvalue weighted by molar-refractivity contribution is 7.90. The molecule has 0 radical (unpaired) electrons. The van der Waals surface area contributed by atoms with Crippen molar-refractivity contribution in [1.29, 1.82) is 0 Å². The normalized spacial score (nSPS) is 10.9. The topological polar surface area (TPSA) is 226 Å². The molecule has 0 aromatic heterocycles. The zero-order valence-corrected chi connectivity index (χ0v) is 32.4. The first-order valence-corrected chi connectivity index (χ1v) is 20.6. The van der Waals surface area contributed by atoms with Crippen LogP contribution in [0.15, 0.2) is 87.5 Å². The summed E-state index contributed by atoms with van der Waals surface area (Å²) in [6.45, 7) is 6.86. The second-order valence-electron chi connectivity index (χ2n) is 9.95. The first-order chi connectivity index (χ1) is 23.9. The second-order valence-corrected chi connectivity index (χ2v) is 16.3. The number of rotatable bonds is 12.